The van der Waals surface area contributed by atoms with Crippen molar-refractivity contribution in [1.82, 2.24) is 4.90 Å². The molecule has 0 aromatic heterocycles. The van der Waals surface area contributed by atoms with E-state index in [1.807, 2.05) is 73.7 Å². The van der Waals surface area contributed by atoms with Gasteiger partial charge in [-0.3, -0.25) is 9.59 Å². The van der Waals surface area contributed by atoms with Gasteiger partial charge in [0, 0.05) is 18.5 Å². The summed E-state index contributed by atoms with van der Waals surface area (Å²) in [6.45, 7) is 5.02. The molecule has 0 bridgehead atoms. The Morgan fingerprint density at radius 3 is 2.66 bits per heavy atom. The third-order valence-corrected chi connectivity index (χ3v) is 7.13. The monoisotopic (exact) mass is 511 g/mol. The van der Waals surface area contributed by atoms with Gasteiger partial charge < -0.3 is 19.5 Å². The van der Waals surface area contributed by atoms with Gasteiger partial charge in [-0.25, -0.2) is 0 Å². The number of unbranched alkanes of at least 4 members (excludes halogenated alkanes) is 1. The quantitative estimate of drug-likeness (QED) is 0.169. The molecule has 196 valence electrons. The van der Waals surface area contributed by atoms with Gasteiger partial charge in [0.15, 0.2) is 0 Å². The number of carbonyl (C=O) groups is 2. The van der Waals surface area contributed by atoms with E-state index in [1.54, 1.807) is 11.0 Å². The van der Waals surface area contributed by atoms with Gasteiger partial charge in [0.1, 0.15) is 23.4 Å². The van der Waals surface area contributed by atoms with Crippen molar-refractivity contribution in [3.8, 4) is 11.5 Å². The molecule has 2 heterocycles. The Balaban J connectivity index is 1.55. The van der Waals surface area contributed by atoms with E-state index < -0.39 is 17.7 Å². The van der Waals surface area contributed by atoms with Crippen LogP contribution in [0.1, 0.15) is 55.0 Å². The second-order valence-corrected chi connectivity index (χ2v) is 9.96. The summed E-state index contributed by atoms with van der Waals surface area (Å²) in [4.78, 5) is 28.4. The number of rotatable bonds is 9. The number of aliphatic hydroxyl groups excluding tert-OH is 1. The van der Waals surface area contributed by atoms with Gasteiger partial charge in [0.25, 0.3) is 11.7 Å². The number of fused-ring (bicyclic) bond motifs is 1. The molecule has 2 aliphatic rings. The second-order valence-electron chi connectivity index (χ2n) is 9.96. The van der Waals surface area contributed by atoms with E-state index in [-0.39, 0.29) is 17.4 Å². The maximum atomic E-state index is 13.4. The molecule has 6 nitrogen and oxygen atoms in total. The Morgan fingerprint density at radius 1 is 1.05 bits per heavy atom. The summed E-state index contributed by atoms with van der Waals surface area (Å²) in [5.74, 6) is 0.000193. The van der Waals surface area contributed by atoms with Crippen LogP contribution in [0.2, 0.25) is 0 Å². The summed E-state index contributed by atoms with van der Waals surface area (Å²) in [5, 5.41) is 11.5. The molecular weight excluding hydrogens is 478 g/mol. The summed E-state index contributed by atoms with van der Waals surface area (Å²) in [6, 6.07) is 22.0. The molecule has 38 heavy (non-hydrogen) atoms. The lowest BCUT2D eigenvalue weighted by molar-refractivity contribution is -0.139. The van der Waals surface area contributed by atoms with Crippen LogP contribution in [0.15, 0.2) is 78.4 Å². The van der Waals surface area contributed by atoms with E-state index in [2.05, 4.69) is 6.92 Å². The molecule has 0 aliphatic carbocycles. The fourth-order valence-corrected chi connectivity index (χ4v) is 5.19. The summed E-state index contributed by atoms with van der Waals surface area (Å²) in [5.41, 5.74) is 3.37. The van der Waals surface area contributed by atoms with Gasteiger partial charge in [-0.15, -0.1) is 0 Å². The lowest BCUT2D eigenvalue weighted by Crippen LogP contribution is -2.31. The number of ketones is 1. The molecule has 0 radical (unpaired) electrons. The van der Waals surface area contributed by atoms with Crippen LogP contribution in [0.5, 0.6) is 11.5 Å². The zero-order chi connectivity index (χ0) is 26.6. The number of carbonyl (C=O) groups excluding carboxylic acids is 2. The predicted octanol–water partition coefficient (Wildman–Crippen LogP) is 5.85. The number of nitrogens with zero attached hydrogens (tertiary/aromatic N) is 1. The minimum absolute atomic E-state index is 0.0569. The van der Waals surface area contributed by atoms with Crippen LogP contribution in [0.4, 0.5) is 0 Å². The zero-order valence-electron chi connectivity index (χ0n) is 21.9. The van der Waals surface area contributed by atoms with Gasteiger partial charge >= 0.3 is 0 Å². The third-order valence-electron chi connectivity index (χ3n) is 7.13. The van der Waals surface area contributed by atoms with Gasteiger partial charge in [-0.2, -0.15) is 0 Å². The number of likely N-dealkylation sites (tertiary alicyclic amines) is 1. The molecule has 1 amide bonds. The highest BCUT2D eigenvalue weighted by Gasteiger charge is 2.46. The maximum Gasteiger partial charge on any atom is 0.295 e. The first-order chi connectivity index (χ1) is 18.5. The average molecular weight is 512 g/mol. The van der Waals surface area contributed by atoms with Gasteiger partial charge in [-0.1, -0.05) is 55.8 Å². The normalized spacial score (nSPS) is 19.9. The average Bonchev–Trinajstić information content (AvgIpc) is 3.43. The molecule has 2 aliphatic heterocycles. The van der Waals surface area contributed by atoms with E-state index in [9.17, 15) is 14.7 Å². The molecule has 0 unspecified atom stereocenters. The van der Waals surface area contributed by atoms with Crippen LogP contribution in [-0.2, 0) is 22.4 Å². The fourth-order valence-electron chi connectivity index (χ4n) is 5.19. The number of ether oxygens (including phenoxy) is 2. The first-order valence-electron chi connectivity index (χ1n) is 13.3. The number of hydrogen-bond acceptors (Lipinski definition) is 5. The van der Waals surface area contributed by atoms with Crippen LogP contribution < -0.4 is 9.47 Å². The number of Topliss-reactive ketones (excluding diaryl/α,β-unsaturated/α-hetero) is 1. The second kappa shape index (κ2) is 11.1. The zero-order valence-corrected chi connectivity index (χ0v) is 21.9. The largest absolute Gasteiger partial charge is 0.507 e. The number of hydrogen-bond donors (Lipinski definition) is 1. The Kier molecular flexibility index (Phi) is 7.50. The highest BCUT2D eigenvalue weighted by molar-refractivity contribution is 6.46. The fraction of sp³-hybridized carbons (Fsp3) is 0.312. The minimum Gasteiger partial charge on any atom is -0.507 e. The van der Waals surface area contributed by atoms with Gasteiger partial charge in [0.05, 0.1) is 18.2 Å². The minimum atomic E-state index is -0.725. The van der Waals surface area contributed by atoms with Gasteiger partial charge in [0.2, 0.25) is 0 Å². The van der Waals surface area contributed by atoms with E-state index in [0.717, 1.165) is 41.7 Å². The van der Waals surface area contributed by atoms with Crippen molar-refractivity contribution < 1.29 is 24.2 Å². The van der Waals surface area contributed by atoms with Crippen molar-refractivity contribution in [1.29, 1.82) is 0 Å². The first kappa shape index (κ1) is 25.6. The Hall–Kier alpha value is -4.06. The third kappa shape index (κ3) is 5.17. The molecule has 3 aromatic carbocycles. The van der Waals surface area contributed by atoms with Crippen LogP contribution in [0.3, 0.4) is 0 Å². The summed E-state index contributed by atoms with van der Waals surface area (Å²) in [7, 11) is 0. The molecule has 3 aromatic rings. The van der Waals surface area contributed by atoms with E-state index in [1.165, 1.54) is 0 Å². The van der Waals surface area contributed by atoms with Crippen LogP contribution in [0, 0.1) is 0 Å². The van der Waals surface area contributed by atoms with Crippen LogP contribution in [-0.4, -0.2) is 41.0 Å². The van der Waals surface area contributed by atoms with Crippen LogP contribution in [0.25, 0.3) is 5.76 Å². The molecular formula is C32H33NO5. The molecule has 5 rings (SSSR count). The van der Waals surface area contributed by atoms with E-state index >= 15 is 0 Å². The molecule has 0 spiro atoms. The smallest absolute Gasteiger partial charge is 0.295 e. The molecule has 1 saturated heterocycles. The Labute approximate surface area is 223 Å². The highest BCUT2D eigenvalue weighted by Crippen LogP contribution is 2.41. The SMILES string of the molecule is CCCCOc1cccc([C@@H]2/C(=C(\O)c3ccc4c(c3)C[C@H](C)O4)C(=O)C(=O)N2CCc2ccccc2)c1. The first-order valence-corrected chi connectivity index (χ1v) is 13.3. The number of aliphatic hydroxyl groups is 1. The van der Waals surface area contributed by atoms with Crippen molar-refractivity contribution >= 4 is 17.4 Å². The number of benzene rings is 3. The molecule has 2 atom stereocenters. The lowest BCUT2D eigenvalue weighted by Gasteiger charge is -2.26. The highest BCUT2D eigenvalue weighted by atomic mass is 16.5. The molecule has 1 N–H and O–H groups in total. The topological polar surface area (TPSA) is 76.1 Å². The summed E-state index contributed by atoms with van der Waals surface area (Å²) in [6.07, 6.45) is 3.32. The Morgan fingerprint density at radius 2 is 1.87 bits per heavy atom. The molecule has 0 saturated carbocycles. The summed E-state index contributed by atoms with van der Waals surface area (Å²) < 4.78 is 11.7. The van der Waals surface area contributed by atoms with Crippen molar-refractivity contribution in [3.05, 3.63) is 101 Å². The maximum absolute atomic E-state index is 13.4. The van der Waals surface area contributed by atoms with Crippen LogP contribution >= 0.6 is 0 Å². The van der Waals surface area contributed by atoms with Crippen molar-refractivity contribution in [2.45, 2.75) is 51.7 Å². The van der Waals surface area contributed by atoms with E-state index in [0.29, 0.717) is 30.9 Å². The Bertz CT molecular complexity index is 1360. The van der Waals surface area contributed by atoms with Crippen molar-refractivity contribution in [3.63, 3.8) is 0 Å². The van der Waals surface area contributed by atoms with Gasteiger partial charge in [-0.05, 0) is 66.8 Å². The van der Waals surface area contributed by atoms with Crippen molar-refractivity contribution in [2.24, 2.45) is 0 Å². The molecule has 6 heteroatoms. The van der Waals surface area contributed by atoms with E-state index in [4.69, 9.17) is 9.47 Å². The number of amides is 1. The standard InChI is InChI=1S/C32H33NO5/c1-3-4-17-37-26-12-8-11-23(20-26)29-28(30(34)24-13-14-27-25(19-24)18-21(2)38-27)31(35)32(36)33(29)16-15-22-9-6-5-7-10-22/h5-14,19-21,29,34H,3-4,15-18H2,1-2H3/b30-28+/t21-,29+/m0/s1. The summed E-state index contributed by atoms with van der Waals surface area (Å²) >= 11 is 0. The molecule has 1 fully saturated rings. The lowest BCUT2D eigenvalue weighted by atomic mass is 9.94. The van der Waals surface area contributed by atoms with Crippen molar-refractivity contribution in [2.75, 3.05) is 13.2 Å². The predicted molar refractivity (Wildman–Crippen MR) is 146 cm³/mol.